The van der Waals surface area contributed by atoms with E-state index < -0.39 is 58.0 Å². The number of halogens is 1. The summed E-state index contributed by atoms with van der Waals surface area (Å²) < 4.78 is 17.5. The van der Waals surface area contributed by atoms with E-state index >= 15 is 4.39 Å². The van der Waals surface area contributed by atoms with E-state index in [0.29, 0.717) is 41.7 Å². The topological polar surface area (TPSA) is 178 Å². The summed E-state index contributed by atoms with van der Waals surface area (Å²) in [6, 6.07) is 2.71. The van der Waals surface area contributed by atoms with Crippen LogP contribution in [0.15, 0.2) is 33.7 Å². The minimum atomic E-state index is -1.60. The van der Waals surface area contributed by atoms with Crippen LogP contribution in [0.25, 0.3) is 10.9 Å². The molecule has 244 valence electrons. The molecule has 19 heteroatoms. The van der Waals surface area contributed by atoms with Crippen LogP contribution in [0.4, 0.5) is 10.1 Å². The van der Waals surface area contributed by atoms with Gasteiger partial charge in [-0.25, -0.2) is 4.39 Å². The van der Waals surface area contributed by atoms with E-state index in [2.05, 4.69) is 5.32 Å². The number of thiocarbonyl (C=S) groups is 1. The van der Waals surface area contributed by atoms with Crippen LogP contribution in [0.5, 0.6) is 0 Å². The average Bonchev–Trinajstić information content (AvgIpc) is 3.80. The first-order chi connectivity index (χ1) is 21.9. The number of hydrogen-bond acceptors (Lipinski definition) is 12. The van der Waals surface area contributed by atoms with Crippen LogP contribution >= 0.6 is 35.7 Å². The number of pyridine rings is 1. The molecule has 0 radical (unpaired) electrons. The van der Waals surface area contributed by atoms with E-state index in [1.165, 1.54) is 13.1 Å². The van der Waals surface area contributed by atoms with E-state index in [4.69, 9.17) is 12.2 Å². The molecule has 0 spiro atoms. The number of aromatic nitrogens is 1. The number of carboxylic acid groups (broad SMARTS) is 2. The molecule has 4 heterocycles. The van der Waals surface area contributed by atoms with E-state index in [1.54, 1.807) is 10.6 Å². The Bertz CT molecular complexity index is 1780. The maximum Gasteiger partial charge on any atom is 1.00 e. The van der Waals surface area contributed by atoms with Gasteiger partial charge in [0.2, 0.25) is 11.8 Å². The summed E-state index contributed by atoms with van der Waals surface area (Å²) in [5.74, 6) is -5.43. The van der Waals surface area contributed by atoms with Crippen LogP contribution in [0, 0.1) is 11.7 Å². The van der Waals surface area contributed by atoms with Gasteiger partial charge in [0, 0.05) is 48.7 Å². The van der Waals surface area contributed by atoms with Gasteiger partial charge in [0.05, 0.1) is 58.7 Å². The smallest absolute Gasteiger partial charge is 0.545 e. The average molecular weight is 736 g/mol. The number of rotatable bonds is 9. The standard InChI is InChI=1S/C29H30FN5O8S3.2Na/c1-13(36)22-25(39)35-23(28(42)43)20(46-26(22)35)10-31-21(37)12-45-29(44)33-6-4-32(5-7-33)19-9-18-15(8-17(19)30)24(38)16(27(40)41)11-34(18)14-2-3-14;;/h8-9,11,13-14,22,26,36H,2-7,10,12H2,1H3,(H,31,37)(H,40,41)(H,42,43);;/q;2*+1/p-2. The second-order valence-electron chi connectivity index (χ2n) is 11.5. The number of aromatic carboxylic acids is 1. The normalized spacial score (nSPS) is 20.8. The fourth-order valence-electron chi connectivity index (χ4n) is 5.95. The monoisotopic (exact) mass is 735 g/mol. The van der Waals surface area contributed by atoms with Crippen molar-refractivity contribution in [2.45, 2.75) is 37.3 Å². The molecule has 1 aromatic heterocycles. The van der Waals surface area contributed by atoms with Gasteiger partial charge in [0.1, 0.15) is 15.5 Å². The van der Waals surface area contributed by atoms with Crippen molar-refractivity contribution < 1.29 is 98.0 Å². The maximum atomic E-state index is 15.3. The molecule has 3 atom stereocenters. The number of amides is 2. The molecule has 1 saturated carbocycles. The number of aliphatic carboxylic acids is 1. The molecule has 2 N–H and O–H groups in total. The zero-order chi connectivity index (χ0) is 33.0. The van der Waals surface area contributed by atoms with Crippen molar-refractivity contribution in [3.05, 3.63) is 50.5 Å². The predicted molar refractivity (Wildman–Crippen MR) is 168 cm³/mol. The first-order valence-electron chi connectivity index (χ1n) is 14.5. The van der Waals surface area contributed by atoms with Gasteiger partial charge in [0.15, 0.2) is 5.43 Å². The van der Waals surface area contributed by atoms with E-state index in [1.807, 2.05) is 9.80 Å². The number of aliphatic hydroxyl groups excluding tert-OH is 1. The molecule has 3 unspecified atom stereocenters. The molecule has 13 nitrogen and oxygen atoms in total. The van der Waals surface area contributed by atoms with E-state index in [-0.39, 0.29) is 93.4 Å². The number of nitrogens with zero attached hydrogens (tertiary/aromatic N) is 4. The molecule has 1 aliphatic carbocycles. The van der Waals surface area contributed by atoms with Crippen molar-refractivity contribution in [1.29, 1.82) is 0 Å². The Kier molecular flexibility index (Phi) is 12.8. The quantitative estimate of drug-likeness (QED) is 0.141. The van der Waals surface area contributed by atoms with Crippen molar-refractivity contribution in [3.8, 4) is 0 Å². The molecule has 2 saturated heterocycles. The summed E-state index contributed by atoms with van der Waals surface area (Å²) >= 11 is 7.77. The minimum Gasteiger partial charge on any atom is -0.545 e. The van der Waals surface area contributed by atoms with Gasteiger partial charge in [-0.15, -0.1) is 0 Å². The fraction of sp³-hybridized carbons (Fsp3) is 0.448. The molecular formula is C29H28FN5Na2O8S3. The van der Waals surface area contributed by atoms with E-state index in [9.17, 15) is 39.3 Å². The van der Waals surface area contributed by atoms with Crippen LogP contribution in [0.2, 0.25) is 0 Å². The number of β-lactam (4-membered cyclic amide) rings is 1. The van der Waals surface area contributed by atoms with Gasteiger partial charge in [0.25, 0.3) is 0 Å². The fourth-order valence-corrected chi connectivity index (χ4v) is 8.57. The summed E-state index contributed by atoms with van der Waals surface area (Å²) in [6.07, 6.45) is 1.99. The maximum absolute atomic E-state index is 15.3. The van der Waals surface area contributed by atoms with Gasteiger partial charge in [-0.1, -0.05) is 35.7 Å². The molecule has 48 heavy (non-hydrogen) atoms. The number of thioether (sulfide) groups is 2. The third kappa shape index (κ3) is 7.50. The molecule has 1 aromatic carbocycles. The van der Waals surface area contributed by atoms with Crippen molar-refractivity contribution >= 4 is 80.4 Å². The Morgan fingerprint density at radius 3 is 2.38 bits per heavy atom. The molecule has 2 amide bonds. The zero-order valence-electron chi connectivity index (χ0n) is 26.4. The molecule has 4 aliphatic rings. The second kappa shape index (κ2) is 15.7. The van der Waals surface area contributed by atoms with Crippen LogP contribution in [-0.2, 0) is 14.4 Å². The molecule has 3 fully saturated rings. The Balaban J connectivity index is 0.00000260. The van der Waals surface area contributed by atoms with Crippen molar-refractivity contribution in [3.63, 3.8) is 0 Å². The molecule has 0 bridgehead atoms. The van der Waals surface area contributed by atoms with Crippen LogP contribution < -0.4 is 85.0 Å². The van der Waals surface area contributed by atoms with Gasteiger partial charge in [-0.3, -0.25) is 19.3 Å². The number of nitrogens with one attached hydrogen (secondary N) is 1. The number of hydrogen-bond donors (Lipinski definition) is 2. The Hall–Kier alpha value is -1.67. The number of aliphatic hydroxyl groups is 1. The van der Waals surface area contributed by atoms with E-state index in [0.717, 1.165) is 47.3 Å². The largest absolute Gasteiger partial charge is 1.00 e. The first-order valence-corrected chi connectivity index (χ1v) is 16.8. The summed E-state index contributed by atoms with van der Waals surface area (Å²) in [6.45, 7) is 3.04. The van der Waals surface area contributed by atoms with Gasteiger partial charge in [-0.2, -0.15) is 0 Å². The predicted octanol–water partition coefficient (Wildman–Crippen LogP) is -7.02. The van der Waals surface area contributed by atoms with Gasteiger partial charge in [-0.05, 0) is 31.9 Å². The molecule has 3 aliphatic heterocycles. The number of carbonyl (C=O) groups excluding carboxylic acids is 4. The first kappa shape index (κ1) is 39.1. The number of fused-ring (bicyclic) bond motifs is 2. The van der Waals surface area contributed by atoms with Crippen LogP contribution in [-0.4, -0.2) is 97.5 Å². The van der Waals surface area contributed by atoms with Crippen molar-refractivity contribution in [2.24, 2.45) is 5.92 Å². The van der Waals surface area contributed by atoms with Gasteiger partial charge < -0.3 is 44.6 Å². The van der Waals surface area contributed by atoms with Crippen molar-refractivity contribution in [1.82, 2.24) is 19.7 Å². The van der Waals surface area contributed by atoms with Crippen LogP contribution in [0.3, 0.4) is 0 Å². The van der Waals surface area contributed by atoms with Crippen LogP contribution in [0.1, 0.15) is 36.2 Å². The number of benzene rings is 1. The Labute approximate surface area is 332 Å². The Morgan fingerprint density at radius 2 is 1.79 bits per heavy atom. The summed E-state index contributed by atoms with van der Waals surface area (Å²) in [5, 5.41) is 35.2. The molecule has 6 rings (SSSR count). The number of anilines is 1. The zero-order valence-corrected chi connectivity index (χ0v) is 32.8. The van der Waals surface area contributed by atoms with Gasteiger partial charge >= 0.3 is 59.1 Å². The third-order valence-corrected chi connectivity index (χ3v) is 11.4. The molecular weight excluding hydrogens is 708 g/mol. The number of carboxylic acids is 2. The number of carbonyl (C=O) groups is 4. The summed E-state index contributed by atoms with van der Waals surface area (Å²) in [5.41, 5.74) is -0.813. The Morgan fingerprint density at radius 1 is 1.12 bits per heavy atom. The summed E-state index contributed by atoms with van der Waals surface area (Å²) in [4.78, 5) is 65.9. The number of piperazine rings is 1. The third-order valence-electron chi connectivity index (χ3n) is 8.48. The summed E-state index contributed by atoms with van der Waals surface area (Å²) in [7, 11) is 0. The molecule has 2 aromatic rings. The minimum absolute atomic E-state index is 0. The SMILES string of the molecule is CC(O)C1C(=O)N2C(C(=O)[O-])=C(CNC(=O)CSC(=S)N3CCN(c4cc5c(cc4F)c(=O)c(C(=O)[O-])cn5C4CC4)CC3)SC12.[Na+].[Na+]. The second-order valence-corrected chi connectivity index (χ2v) is 14.3. The van der Waals surface area contributed by atoms with Crippen molar-refractivity contribution in [2.75, 3.05) is 43.4 Å².